The number of carbonyl (C=O) groups is 1. The molecule has 1 unspecified atom stereocenters. The molecule has 0 saturated heterocycles. The van der Waals surface area contributed by atoms with Gasteiger partial charge < -0.3 is 21.5 Å². The van der Waals surface area contributed by atoms with Gasteiger partial charge >= 0.3 is 6.18 Å². The third-order valence-electron chi connectivity index (χ3n) is 6.61. The van der Waals surface area contributed by atoms with Crippen molar-refractivity contribution < 1.29 is 32.8 Å². The number of rotatable bonds is 9. The van der Waals surface area contributed by atoms with E-state index < -0.39 is 35.4 Å². The predicted molar refractivity (Wildman–Crippen MR) is 140 cm³/mol. The average molecular weight is 555 g/mol. The molecule has 0 bridgehead atoms. The monoisotopic (exact) mass is 554 g/mol. The second-order valence-electron chi connectivity index (χ2n) is 9.79. The van der Waals surface area contributed by atoms with Crippen molar-refractivity contribution in [3.8, 4) is 5.69 Å². The van der Waals surface area contributed by atoms with Crippen LogP contribution in [0.5, 0.6) is 0 Å². The van der Waals surface area contributed by atoms with Crippen molar-refractivity contribution >= 4 is 17.3 Å². The lowest BCUT2D eigenvalue weighted by molar-refractivity contribution is -0.254. The van der Waals surface area contributed by atoms with Gasteiger partial charge in [0.15, 0.2) is 5.69 Å². The molecule has 6 N–H and O–H groups in total. The second-order valence-corrected chi connectivity index (χ2v) is 9.79. The fourth-order valence-corrected chi connectivity index (χ4v) is 4.34. The smallest absolute Gasteiger partial charge is 0.368 e. The molecule has 5 rings (SSSR count). The number of quaternary nitrogens is 1. The summed E-state index contributed by atoms with van der Waals surface area (Å²) in [5, 5.41) is 6.05. The SMILES string of the molecule is NCc1cccc(-n2nc(C(F)(F)F)cc2C(=O)Nc2cc(C(OCC3CC3)c3cccc([NH3+])c3)ccc2F)c1. The maximum absolute atomic E-state index is 14.9. The number of hydrogen-bond acceptors (Lipinski definition) is 4. The zero-order chi connectivity index (χ0) is 28.4. The summed E-state index contributed by atoms with van der Waals surface area (Å²) < 4.78 is 62.7. The normalized spacial score (nSPS) is 14.2. The lowest BCUT2D eigenvalue weighted by Gasteiger charge is -2.20. The summed E-state index contributed by atoms with van der Waals surface area (Å²) in [7, 11) is 0. The quantitative estimate of drug-likeness (QED) is 0.249. The molecule has 1 aromatic heterocycles. The Morgan fingerprint density at radius 2 is 1.82 bits per heavy atom. The fraction of sp³-hybridized carbons (Fsp3) is 0.241. The standard InChI is InChI=1S/C29H27F4N5O2/c30-23-10-9-20(27(40-16-17-7-8-17)19-4-2-5-21(35)12-19)13-24(23)36-28(39)25-14-26(29(31,32)33)37-38(25)22-6-1-3-18(11-22)15-34/h1-6,9-14,17,27H,7-8,15-16,34-35H2,(H,36,39)/p+1. The summed E-state index contributed by atoms with van der Waals surface area (Å²) in [6.45, 7) is 0.661. The number of halogens is 4. The molecule has 208 valence electrons. The van der Waals surface area contributed by atoms with Gasteiger partial charge in [0, 0.05) is 18.7 Å². The largest absolute Gasteiger partial charge is 0.435 e. The van der Waals surface area contributed by atoms with Gasteiger partial charge in [-0.15, -0.1) is 0 Å². The number of alkyl halides is 3. The zero-order valence-electron chi connectivity index (χ0n) is 21.4. The Morgan fingerprint density at radius 1 is 1.07 bits per heavy atom. The summed E-state index contributed by atoms with van der Waals surface area (Å²) in [4.78, 5) is 13.3. The molecule has 3 aromatic carbocycles. The van der Waals surface area contributed by atoms with E-state index in [0.717, 1.165) is 28.8 Å². The minimum absolute atomic E-state index is 0.141. The molecule has 0 spiro atoms. The van der Waals surface area contributed by atoms with Gasteiger partial charge in [0.25, 0.3) is 5.91 Å². The minimum Gasteiger partial charge on any atom is -0.368 e. The van der Waals surface area contributed by atoms with E-state index in [-0.39, 0.29) is 17.9 Å². The van der Waals surface area contributed by atoms with E-state index in [1.807, 2.05) is 24.3 Å². The predicted octanol–water partition coefficient (Wildman–Crippen LogP) is 5.13. The first kappa shape index (κ1) is 27.5. The third-order valence-corrected chi connectivity index (χ3v) is 6.61. The molecule has 0 radical (unpaired) electrons. The molecule has 1 amide bonds. The van der Waals surface area contributed by atoms with Gasteiger partial charge in [-0.05, 0) is 65.8 Å². The van der Waals surface area contributed by atoms with Gasteiger partial charge in [0.1, 0.15) is 23.3 Å². The van der Waals surface area contributed by atoms with Gasteiger partial charge in [0.05, 0.1) is 18.0 Å². The van der Waals surface area contributed by atoms with Gasteiger partial charge in [-0.2, -0.15) is 18.3 Å². The summed E-state index contributed by atoms with van der Waals surface area (Å²) in [5.74, 6) is -1.26. The van der Waals surface area contributed by atoms with Crippen molar-refractivity contribution in [1.82, 2.24) is 9.78 Å². The molecular formula is C29H28F4N5O2+. The highest BCUT2D eigenvalue weighted by atomic mass is 19.4. The second kappa shape index (κ2) is 11.2. The number of nitrogens with zero attached hydrogens (tertiary/aromatic N) is 2. The van der Waals surface area contributed by atoms with Gasteiger partial charge in [0.2, 0.25) is 0 Å². The number of nitrogens with one attached hydrogen (secondary N) is 1. The number of nitrogens with two attached hydrogens (primary N) is 1. The van der Waals surface area contributed by atoms with E-state index in [1.165, 1.54) is 24.3 Å². The number of benzene rings is 3. The van der Waals surface area contributed by atoms with E-state index >= 15 is 0 Å². The molecule has 1 heterocycles. The Hall–Kier alpha value is -4.06. The first-order chi connectivity index (χ1) is 19.1. The number of anilines is 1. The highest BCUT2D eigenvalue weighted by Crippen LogP contribution is 2.35. The average Bonchev–Trinajstić information content (AvgIpc) is 3.63. The summed E-state index contributed by atoms with van der Waals surface area (Å²) in [5.41, 5.74) is 10.8. The molecule has 11 heteroatoms. The van der Waals surface area contributed by atoms with E-state index in [4.69, 9.17) is 10.5 Å². The van der Waals surface area contributed by atoms with Gasteiger partial charge in [-0.1, -0.05) is 30.3 Å². The van der Waals surface area contributed by atoms with Crippen molar-refractivity contribution in [1.29, 1.82) is 0 Å². The summed E-state index contributed by atoms with van der Waals surface area (Å²) >= 11 is 0. The lowest BCUT2D eigenvalue weighted by atomic mass is 10.00. The lowest BCUT2D eigenvalue weighted by Crippen LogP contribution is -2.40. The van der Waals surface area contributed by atoms with E-state index in [9.17, 15) is 22.4 Å². The van der Waals surface area contributed by atoms with Crippen LogP contribution in [0.25, 0.3) is 5.69 Å². The minimum atomic E-state index is -4.80. The Morgan fingerprint density at radius 3 is 2.52 bits per heavy atom. The topological polar surface area (TPSA) is 110 Å². The van der Waals surface area contributed by atoms with Crippen molar-refractivity contribution in [3.05, 3.63) is 107 Å². The maximum atomic E-state index is 14.9. The Balaban J connectivity index is 1.49. The van der Waals surface area contributed by atoms with Crippen LogP contribution in [-0.2, 0) is 17.5 Å². The van der Waals surface area contributed by atoms with Crippen LogP contribution in [-0.4, -0.2) is 22.3 Å². The van der Waals surface area contributed by atoms with E-state index in [1.54, 1.807) is 18.2 Å². The molecule has 1 atom stereocenters. The number of amides is 1. The first-order valence-electron chi connectivity index (χ1n) is 12.7. The summed E-state index contributed by atoms with van der Waals surface area (Å²) in [6, 6.07) is 18.6. The number of hydrogen-bond donors (Lipinski definition) is 3. The van der Waals surface area contributed by atoms with E-state index in [0.29, 0.717) is 29.7 Å². The zero-order valence-corrected chi connectivity index (χ0v) is 21.4. The molecule has 1 aliphatic rings. The highest BCUT2D eigenvalue weighted by molar-refractivity contribution is 6.03. The maximum Gasteiger partial charge on any atom is 0.435 e. The highest BCUT2D eigenvalue weighted by Gasteiger charge is 2.36. The molecule has 4 aromatic rings. The van der Waals surface area contributed by atoms with Crippen LogP contribution in [0.3, 0.4) is 0 Å². The van der Waals surface area contributed by atoms with E-state index in [2.05, 4.69) is 16.1 Å². The fourth-order valence-electron chi connectivity index (χ4n) is 4.34. The van der Waals surface area contributed by atoms with Crippen molar-refractivity contribution in [3.63, 3.8) is 0 Å². The third kappa shape index (κ3) is 6.22. The Kier molecular flexibility index (Phi) is 7.70. The van der Waals surface area contributed by atoms with Crippen molar-refractivity contribution in [2.24, 2.45) is 11.7 Å². The van der Waals surface area contributed by atoms with Crippen LogP contribution in [0.15, 0.2) is 72.8 Å². The van der Waals surface area contributed by atoms with Crippen LogP contribution in [0.2, 0.25) is 0 Å². The van der Waals surface area contributed by atoms with Crippen LogP contribution in [0, 0.1) is 11.7 Å². The van der Waals surface area contributed by atoms with Crippen molar-refractivity contribution in [2.75, 3.05) is 11.9 Å². The van der Waals surface area contributed by atoms with Crippen LogP contribution >= 0.6 is 0 Å². The number of ether oxygens (including phenoxy) is 1. The van der Waals surface area contributed by atoms with Gasteiger partial charge in [-0.25, -0.2) is 9.07 Å². The van der Waals surface area contributed by atoms with Crippen LogP contribution in [0.4, 0.5) is 28.9 Å². The van der Waals surface area contributed by atoms with Gasteiger partial charge in [-0.3, -0.25) is 4.79 Å². The number of carbonyl (C=O) groups excluding carboxylic acids is 1. The van der Waals surface area contributed by atoms with Crippen LogP contribution in [0.1, 0.15) is 51.8 Å². The molecule has 1 saturated carbocycles. The summed E-state index contributed by atoms with van der Waals surface area (Å²) in [6.07, 6.45) is -3.20. The molecule has 0 aliphatic heterocycles. The number of aromatic nitrogens is 2. The first-order valence-corrected chi connectivity index (χ1v) is 12.7. The molecule has 1 aliphatic carbocycles. The molecule has 7 nitrogen and oxygen atoms in total. The molecule has 40 heavy (non-hydrogen) atoms. The van der Waals surface area contributed by atoms with Crippen LogP contribution < -0.4 is 16.8 Å². The molecule has 1 fully saturated rings. The molecular weight excluding hydrogens is 526 g/mol. The van der Waals surface area contributed by atoms with Crippen molar-refractivity contribution in [2.45, 2.75) is 31.7 Å². The Labute approximate surface area is 227 Å². The Bertz CT molecular complexity index is 1530.